The Hall–Kier alpha value is -3.92. The Morgan fingerprint density at radius 1 is 0.978 bits per heavy atom. The lowest BCUT2D eigenvalue weighted by molar-refractivity contribution is 0.0830. The van der Waals surface area contributed by atoms with Gasteiger partial charge in [0.25, 0.3) is 5.91 Å². The van der Waals surface area contributed by atoms with Gasteiger partial charge in [-0.05, 0) is 83.2 Å². The third-order valence-corrected chi connectivity index (χ3v) is 10.4. The number of aliphatic hydroxyl groups is 1. The van der Waals surface area contributed by atoms with Gasteiger partial charge in [0.15, 0.2) is 0 Å². The summed E-state index contributed by atoms with van der Waals surface area (Å²) in [6.45, 7) is 4.99. The molecule has 8 nitrogen and oxygen atoms in total. The molecule has 1 aliphatic rings. The van der Waals surface area contributed by atoms with E-state index < -0.39 is 22.2 Å². The van der Waals surface area contributed by atoms with Crippen molar-refractivity contribution < 1.29 is 23.1 Å². The van der Waals surface area contributed by atoms with Crippen LogP contribution in [0.4, 0.5) is 5.69 Å². The number of ether oxygens (including phenoxy) is 1. The molecule has 0 spiro atoms. The lowest BCUT2D eigenvalue weighted by Gasteiger charge is -2.26. The highest BCUT2D eigenvalue weighted by molar-refractivity contribution is 7.92. The van der Waals surface area contributed by atoms with Crippen LogP contribution in [0, 0.1) is 0 Å². The molecule has 9 heteroatoms. The van der Waals surface area contributed by atoms with Crippen molar-refractivity contribution in [3.05, 3.63) is 107 Å². The number of carbonyl (C=O) groups excluding carboxylic acids is 1. The zero-order chi connectivity index (χ0) is 32.1. The van der Waals surface area contributed by atoms with E-state index in [1.54, 1.807) is 20.2 Å². The third kappa shape index (κ3) is 7.66. The number of methoxy groups -OCH3 is 1. The highest BCUT2D eigenvalue weighted by atomic mass is 32.2. The molecule has 4 aromatic rings. The molecule has 0 radical (unpaired) electrons. The molecule has 1 amide bonds. The molecule has 0 aliphatic carbocycles. The molecule has 2 bridgehead atoms. The van der Waals surface area contributed by atoms with Crippen LogP contribution in [0.5, 0.6) is 5.75 Å². The van der Waals surface area contributed by atoms with Crippen molar-refractivity contribution in [1.82, 2.24) is 10.6 Å². The molecule has 0 fully saturated rings. The largest absolute Gasteiger partial charge is 0.497 e. The molecule has 5 rings (SSSR count). The van der Waals surface area contributed by atoms with E-state index in [0.29, 0.717) is 37.1 Å². The minimum Gasteiger partial charge on any atom is -0.497 e. The highest BCUT2D eigenvalue weighted by Gasteiger charge is 2.27. The van der Waals surface area contributed by atoms with E-state index in [-0.39, 0.29) is 24.1 Å². The van der Waals surface area contributed by atoms with E-state index in [4.69, 9.17) is 4.74 Å². The molecule has 1 heterocycles. The number of nitrogens with zero attached hydrogens (tertiary/aromatic N) is 1. The average molecular weight is 630 g/mol. The number of amides is 1. The first kappa shape index (κ1) is 32.5. The molecule has 2 unspecified atom stereocenters. The first-order valence-corrected chi connectivity index (χ1v) is 17.1. The second-order valence-electron chi connectivity index (χ2n) is 12.1. The maximum Gasteiger partial charge on any atom is 0.251 e. The van der Waals surface area contributed by atoms with E-state index >= 15 is 0 Å². The fourth-order valence-corrected chi connectivity index (χ4v) is 7.22. The fraction of sp³-hybridized carbons (Fsp3) is 0.361. The number of sulfonamides is 1. The zero-order valence-electron chi connectivity index (χ0n) is 26.4. The van der Waals surface area contributed by atoms with Crippen LogP contribution in [-0.2, 0) is 29.4 Å². The zero-order valence-corrected chi connectivity index (χ0v) is 27.2. The monoisotopic (exact) mass is 629 g/mol. The first-order chi connectivity index (χ1) is 21.6. The number of aliphatic hydroxyl groups excluding tert-OH is 1. The van der Waals surface area contributed by atoms with Crippen LogP contribution in [0.1, 0.15) is 58.8 Å². The molecular formula is C36H43N3O5S. The van der Waals surface area contributed by atoms with Crippen LogP contribution in [0.3, 0.4) is 0 Å². The van der Waals surface area contributed by atoms with Gasteiger partial charge in [-0.3, -0.25) is 9.10 Å². The van der Waals surface area contributed by atoms with E-state index in [1.807, 2.05) is 60.7 Å². The van der Waals surface area contributed by atoms with Crippen molar-refractivity contribution in [2.24, 2.45) is 0 Å². The van der Waals surface area contributed by atoms with Gasteiger partial charge in [-0.1, -0.05) is 62.4 Å². The van der Waals surface area contributed by atoms with Crippen molar-refractivity contribution in [3.8, 4) is 5.75 Å². The quantitative estimate of drug-likeness (QED) is 0.211. The van der Waals surface area contributed by atoms with Crippen LogP contribution < -0.4 is 19.7 Å². The van der Waals surface area contributed by atoms with Gasteiger partial charge in [0.05, 0.1) is 30.7 Å². The van der Waals surface area contributed by atoms with Gasteiger partial charge in [0.2, 0.25) is 10.0 Å². The number of benzene rings is 4. The van der Waals surface area contributed by atoms with Gasteiger partial charge in [-0.15, -0.1) is 0 Å². The number of hydrogen-bond donors (Lipinski definition) is 3. The molecule has 2 atom stereocenters. The smallest absolute Gasteiger partial charge is 0.251 e. The predicted octanol–water partition coefficient (Wildman–Crippen LogP) is 5.18. The lowest BCUT2D eigenvalue weighted by Crippen LogP contribution is -2.48. The topological polar surface area (TPSA) is 108 Å². The molecule has 3 N–H and O–H groups in total. The van der Waals surface area contributed by atoms with Gasteiger partial charge in [0.1, 0.15) is 5.75 Å². The number of aryl methyl sites for hydroxylation is 1. The van der Waals surface area contributed by atoms with Crippen LogP contribution in [0.15, 0.2) is 78.9 Å². The molecular weight excluding hydrogens is 586 g/mol. The molecule has 0 saturated carbocycles. The SMILES string of the molecule is COc1cccc(CNCC(O)C(Cc2ccccc2)NC(=O)c2cc3c4cc(cc(C(C)C)c4c2)CCCS(=O)(=O)N3C)c1. The van der Waals surface area contributed by atoms with Gasteiger partial charge in [-0.25, -0.2) is 8.42 Å². The highest BCUT2D eigenvalue weighted by Crippen LogP contribution is 2.37. The summed E-state index contributed by atoms with van der Waals surface area (Å²) in [6.07, 6.45) is 0.729. The summed E-state index contributed by atoms with van der Waals surface area (Å²) >= 11 is 0. The van der Waals surface area contributed by atoms with E-state index in [2.05, 4.69) is 36.6 Å². The Kier molecular flexibility index (Phi) is 10.1. The van der Waals surface area contributed by atoms with Crippen molar-refractivity contribution in [2.75, 3.05) is 30.8 Å². The average Bonchev–Trinajstić information content (AvgIpc) is 3.07. The summed E-state index contributed by atoms with van der Waals surface area (Å²) in [5, 5.41) is 19.4. The third-order valence-electron chi connectivity index (χ3n) is 8.54. The lowest BCUT2D eigenvalue weighted by atomic mass is 9.90. The number of anilines is 1. The molecule has 0 saturated heterocycles. The van der Waals surface area contributed by atoms with Crippen LogP contribution in [0.25, 0.3) is 10.8 Å². The minimum atomic E-state index is -3.58. The number of nitrogens with one attached hydrogen (secondary N) is 2. The Morgan fingerprint density at radius 2 is 1.73 bits per heavy atom. The summed E-state index contributed by atoms with van der Waals surface area (Å²) in [5.74, 6) is 0.594. The van der Waals surface area contributed by atoms with Gasteiger partial charge in [0, 0.05) is 31.1 Å². The van der Waals surface area contributed by atoms with Crippen molar-refractivity contribution in [2.45, 2.75) is 57.7 Å². The number of carbonyl (C=O) groups is 1. The van der Waals surface area contributed by atoms with Crippen molar-refractivity contribution in [1.29, 1.82) is 0 Å². The maximum absolute atomic E-state index is 14.0. The summed E-state index contributed by atoms with van der Waals surface area (Å²) in [5.41, 5.74) is 5.01. The first-order valence-electron chi connectivity index (χ1n) is 15.5. The van der Waals surface area contributed by atoms with Gasteiger partial charge < -0.3 is 20.5 Å². The number of fused-ring (bicyclic) bond motifs is 1. The number of rotatable bonds is 11. The summed E-state index contributed by atoms with van der Waals surface area (Å²) in [7, 11) is -0.387. The van der Waals surface area contributed by atoms with Crippen molar-refractivity contribution in [3.63, 3.8) is 0 Å². The Morgan fingerprint density at radius 3 is 2.47 bits per heavy atom. The Balaban J connectivity index is 1.45. The molecule has 4 aromatic carbocycles. The van der Waals surface area contributed by atoms with Gasteiger partial charge >= 0.3 is 0 Å². The van der Waals surface area contributed by atoms with Crippen LogP contribution in [-0.4, -0.2) is 58.0 Å². The van der Waals surface area contributed by atoms with E-state index in [9.17, 15) is 18.3 Å². The Bertz CT molecular complexity index is 1760. The molecule has 238 valence electrons. The molecule has 0 aromatic heterocycles. The molecule has 45 heavy (non-hydrogen) atoms. The molecule has 1 aliphatic heterocycles. The predicted molar refractivity (Wildman–Crippen MR) is 181 cm³/mol. The summed E-state index contributed by atoms with van der Waals surface area (Å²) in [4.78, 5) is 14.0. The van der Waals surface area contributed by atoms with E-state index in [0.717, 1.165) is 38.8 Å². The van der Waals surface area contributed by atoms with E-state index in [1.165, 1.54) is 4.31 Å². The standard InChI is InChI=1S/C36H43N3O5S/c1-24(2)30-17-26-13-9-15-45(42,43)39(3)34-21-28(20-31(30)32(34)18-26)36(41)38-33(19-25-10-6-5-7-11-25)35(40)23-37-22-27-12-8-14-29(16-27)44-4/h5-8,10-12,14,16-18,20-21,24,33,35,37,40H,9,13,15,19,22-23H2,1-4H3,(H,38,41). The Labute approximate surface area is 266 Å². The summed E-state index contributed by atoms with van der Waals surface area (Å²) in [6, 6.07) is 24.6. The normalized spacial score (nSPS) is 15.7. The van der Waals surface area contributed by atoms with Crippen molar-refractivity contribution >= 4 is 32.4 Å². The minimum absolute atomic E-state index is 0.0327. The summed E-state index contributed by atoms with van der Waals surface area (Å²) < 4.78 is 33.1. The number of hydrogen-bond acceptors (Lipinski definition) is 6. The van der Waals surface area contributed by atoms with Crippen LogP contribution in [0.2, 0.25) is 0 Å². The maximum atomic E-state index is 14.0. The fourth-order valence-electron chi connectivity index (χ4n) is 5.98. The second kappa shape index (κ2) is 14.0. The van der Waals surface area contributed by atoms with Gasteiger partial charge in [-0.2, -0.15) is 0 Å². The van der Waals surface area contributed by atoms with Crippen LogP contribution >= 0.6 is 0 Å². The second-order valence-corrected chi connectivity index (χ2v) is 14.3.